The maximum atomic E-state index is 8.99. The summed E-state index contributed by atoms with van der Waals surface area (Å²) in [5.41, 5.74) is 3.53. The maximum Gasteiger partial charge on any atom is 0.0969 e. The summed E-state index contributed by atoms with van der Waals surface area (Å²) in [6.45, 7) is 1.91. The number of aromatic nitrogens is 3. The van der Waals surface area contributed by atoms with Crippen LogP contribution in [0, 0.1) is 6.92 Å². The Kier molecular flexibility index (Phi) is 2.28. The number of nitrogens with one attached hydrogen (secondary N) is 1. The second-order valence-corrected chi connectivity index (χ2v) is 3.08. The summed E-state index contributed by atoms with van der Waals surface area (Å²) >= 11 is 0. The quantitative estimate of drug-likeness (QED) is 0.747. The summed E-state index contributed by atoms with van der Waals surface area (Å²) in [5, 5.41) is 15.9. The smallest absolute Gasteiger partial charge is 0.0969 e. The van der Waals surface area contributed by atoms with Gasteiger partial charge in [-0.3, -0.25) is 10.1 Å². The minimum absolute atomic E-state index is 0.0148. The lowest BCUT2D eigenvalue weighted by Gasteiger charge is -1.97. The van der Waals surface area contributed by atoms with E-state index < -0.39 is 0 Å². The number of hydrogen-bond acceptors (Lipinski definition) is 3. The Morgan fingerprint density at radius 3 is 2.93 bits per heavy atom. The van der Waals surface area contributed by atoms with E-state index in [2.05, 4.69) is 15.2 Å². The van der Waals surface area contributed by atoms with E-state index in [0.717, 1.165) is 22.5 Å². The molecule has 14 heavy (non-hydrogen) atoms. The molecule has 2 aromatic heterocycles. The van der Waals surface area contributed by atoms with Gasteiger partial charge in [-0.2, -0.15) is 5.10 Å². The average Bonchev–Trinajstić information content (AvgIpc) is 2.61. The van der Waals surface area contributed by atoms with Gasteiger partial charge in [-0.1, -0.05) is 0 Å². The lowest BCUT2D eigenvalue weighted by molar-refractivity contribution is 0.276. The van der Waals surface area contributed by atoms with Crippen molar-refractivity contribution in [3.63, 3.8) is 0 Å². The highest BCUT2D eigenvalue weighted by molar-refractivity contribution is 5.62. The van der Waals surface area contributed by atoms with E-state index in [9.17, 15) is 0 Å². The van der Waals surface area contributed by atoms with Crippen LogP contribution in [0.1, 0.15) is 11.3 Å². The van der Waals surface area contributed by atoms with Gasteiger partial charge in [-0.05, 0) is 19.1 Å². The van der Waals surface area contributed by atoms with Crippen LogP contribution in [0.25, 0.3) is 11.3 Å². The molecule has 0 saturated carbocycles. The third-order valence-electron chi connectivity index (χ3n) is 2.20. The van der Waals surface area contributed by atoms with Crippen molar-refractivity contribution in [3.8, 4) is 11.3 Å². The first kappa shape index (κ1) is 8.90. The van der Waals surface area contributed by atoms with Gasteiger partial charge < -0.3 is 5.11 Å². The molecule has 4 nitrogen and oxygen atoms in total. The Bertz CT molecular complexity index is 422. The lowest BCUT2D eigenvalue weighted by atomic mass is 10.1. The van der Waals surface area contributed by atoms with Gasteiger partial charge in [0.25, 0.3) is 0 Å². The van der Waals surface area contributed by atoms with Crippen LogP contribution in [0.4, 0.5) is 0 Å². The molecule has 0 radical (unpaired) electrons. The highest BCUT2D eigenvalue weighted by atomic mass is 16.3. The van der Waals surface area contributed by atoms with Crippen LogP contribution < -0.4 is 0 Å². The Hall–Kier alpha value is -1.68. The van der Waals surface area contributed by atoms with Gasteiger partial charge in [0.1, 0.15) is 0 Å². The van der Waals surface area contributed by atoms with Gasteiger partial charge in [0, 0.05) is 23.5 Å². The van der Waals surface area contributed by atoms with Crippen LogP contribution in [0.15, 0.2) is 24.5 Å². The topological polar surface area (TPSA) is 61.8 Å². The van der Waals surface area contributed by atoms with E-state index in [-0.39, 0.29) is 6.61 Å². The summed E-state index contributed by atoms with van der Waals surface area (Å²) in [7, 11) is 0. The fourth-order valence-corrected chi connectivity index (χ4v) is 1.37. The molecule has 2 heterocycles. The number of rotatable bonds is 2. The molecule has 4 heteroatoms. The Morgan fingerprint density at radius 1 is 1.50 bits per heavy atom. The first-order valence-corrected chi connectivity index (χ1v) is 4.38. The zero-order valence-corrected chi connectivity index (χ0v) is 7.86. The van der Waals surface area contributed by atoms with Crippen LogP contribution in [-0.4, -0.2) is 20.3 Å². The highest BCUT2D eigenvalue weighted by Crippen LogP contribution is 2.21. The van der Waals surface area contributed by atoms with E-state index >= 15 is 0 Å². The molecule has 0 unspecified atom stereocenters. The van der Waals surface area contributed by atoms with Gasteiger partial charge in [0.05, 0.1) is 18.0 Å². The molecular weight excluding hydrogens is 178 g/mol. The standard InChI is InChI=1S/C10H11N3O/c1-7-9(6-14)12-13-10(7)8-3-2-4-11-5-8/h2-5,14H,6H2,1H3,(H,12,13). The van der Waals surface area contributed by atoms with Crippen molar-refractivity contribution in [2.75, 3.05) is 0 Å². The zero-order chi connectivity index (χ0) is 9.97. The lowest BCUT2D eigenvalue weighted by Crippen LogP contribution is -1.86. The van der Waals surface area contributed by atoms with E-state index in [1.165, 1.54) is 0 Å². The highest BCUT2D eigenvalue weighted by Gasteiger charge is 2.09. The predicted molar refractivity (Wildman–Crippen MR) is 52.5 cm³/mol. The van der Waals surface area contributed by atoms with Crippen LogP contribution in [0.3, 0.4) is 0 Å². The first-order chi connectivity index (χ1) is 6.83. The van der Waals surface area contributed by atoms with Gasteiger partial charge in [0.2, 0.25) is 0 Å². The van der Waals surface area contributed by atoms with Crippen LogP contribution >= 0.6 is 0 Å². The molecule has 0 aliphatic carbocycles. The van der Waals surface area contributed by atoms with E-state index in [4.69, 9.17) is 5.11 Å². The third-order valence-corrected chi connectivity index (χ3v) is 2.20. The number of pyridine rings is 1. The van der Waals surface area contributed by atoms with Gasteiger partial charge in [0.15, 0.2) is 0 Å². The summed E-state index contributed by atoms with van der Waals surface area (Å²) in [6, 6.07) is 3.80. The summed E-state index contributed by atoms with van der Waals surface area (Å²) in [4.78, 5) is 4.02. The van der Waals surface area contributed by atoms with Crippen LogP contribution in [0.2, 0.25) is 0 Å². The monoisotopic (exact) mass is 189 g/mol. The van der Waals surface area contributed by atoms with Gasteiger partial charge >= 0.3 is 0 Å². The number of aliphatic hydroxyl groups excluding tert-OH is 1. The van der Waals surface area contributed by atoms with Crippen molar-refractivity contribution in [1.29, 1.82) is 0 Å². The normalized spacial score (nSPS) is 10.4. The molecular formula is C10H11N3O. The molecule has 0 saturated heterocycles. The summed E-state index contributed by atoms with van der Waals surface area (Å²) in [5.74, 6) is 0. The number of aliphatic hydroxyl groups is 1. The third kappa shape index (κ3) is 1.40. The van der Waals surface area contributed by atoms with Crippen molar-refractivity contribution in [2.24, 2.45) is 0 Å². The largest absolute Gasteiger partial charge is 0.390 e. The SMILES string of the molecule is Cc1c(-c2cccnc2)n[nH]c1CO. The first-order valence-electron chi connectivity index (χ1n) is 4.38. The number of H-pyrrole nitrogens is 1. The molecule has 0 aromatic carbocycles. The predicted octanol–water partition coefficient (Wildman–Crippen LogP) is 1.27. The molecule has 0 amide bonds. The maximum absolute atomic E-state index is 8.99. The molecule has 0 atom stereocenters. The molecule has 2 aromatic rings. The van der Waals surface area contributed by atoms with Crippen LogP contribution in [0.5, 0.6) is 0 Å². The van der Waals surface area contributed by atoms with Crippen molar-refractivity contribution in [2.45, 2.75) is 13.5 Å². The van der Waals surface area contributed by atoms with Crippen molar-refractivity contribution < 1.29 is 5.11 Å². The summed E-state index contributed by atoms with van der Waals surface area (Å²) in [6.07, 6.45) is 3.47. The second kappa shape index (κ2) is 3.59. The van der Waals surface area contributed by atoms with Crippen LogP contribution in [-0.2, 0) is 6.61 Å². The van der Waals surface area contributed by atoms with Crippen molar-refractivity contribution in [3.05, 3.63) is 35.8 Å². The second-order valence-electron chi connectivity index (χ2n) is 3.08. The minimum Gasteiger partial charge on any atom is -0.390 e. The molecule has 0 fully saturated rings. The van der Waals surface area contributed by atoms with E-state index in [0.29, 0.717) is 0 Å². The van der Waals surface area contributed by atoms with E-state index in [1.54, 1.807) is 12.4 Å². The molecule has 0 spiro atoms. The molecule has 2 rings (SSSR count). The molecule has 0 bridgehead atoms. The minimum atomic E-state index is -0.0148. The number of hydrogen-bond donors (Lipinski definition) is 2. The van der Waals surface area contributed by atoms with Gasteiger partial charge in [-0.15, -0.1) is 0 Å². The molecule has 0 aliphatic rings. The fraction of sp³-hybridized carbons (Fsp3) is 0.200. The molecule has 0 aliphatic heterocycles. The van der Waals surface area contributed by atoms with Crippen molar-refractivity contribution >= 4 is 0 Å². The summed E-state index contributed by atoms with van der Waals surface area (Å²) < 4.78 is 0. The van der Waals surface area contributed by atoms with Gasteiger partial charge in [-0.25, -0.2) is 0 Å². The fourth-order valence-electron chi connectivity index (χ4n) is 1.37. The Labute approximate surface area is 81.6 Å². The molecule has 72 valence electrons. The zero-order valence-electron chi connectivity index (χ0n) is 7.86. The number of aromatic amines is 1. The number of nitrogens with zero attached hydrogens (tertiary/aromatic N) is 2. The Balaban J connectivity index is 2.48. The van der Waals surface area contributed by atoms with E-state index in [1.807, 2.05) is 19.1 Å². The average molecular weight is 189 g/mol. The van der Waals surface area contributed by atoms with Crippen molar-refractivity contribution in [1.82, 2.24) is 15.2 Å². The Morgan fingerprint density at radius 2 is 2.36 bits per heavy atom. The molecule has 2 N–H and O–H groups in total.